The Hall–Kier alpha value is -2.62. The fourth-order valence-corrected chi connectivity index (χ4v) is 2.54. The molecule has 0 unspecified atom stereocenters. The third-order valence-corrected chi connectivity index (χ3v) is 3.65. The Morgan fingerprint density at radius 3 is 2.39 bits per heavy atom. The lowest BCUT2D eigenvalue weighted by atomic mass is 9.88. The van der Waals surface area contributed by atoms with Crippen LogP contribution in [-0.2, 0) is 4.79 Å². The zero-order chi connectivity index (χ0) is 17.0. The van der Waals surface area contributed by atoms with E-state index in [2.05, 4.69) is 0 Å². The van der Waals surface area contributed by atoms with Gasteiger partial charge in [0.1, 0.15) is 12.1 Å². The van der Waals surface area contributed by atoms with Crippen LogP contribution in [0.1, 0.15) is 30.9 Å². The molecule has 0 spiro atoms. The largest absolute Gasteiger partial charge is 0.504 e. The van der Waals surface area contributed by atoms with Gasteiger partial charge in [-0.2, -0.15) is 0 Å². The number of rotatable bonds is 5. The SMILES string of the molecule is COc1cc(C(C)C)c(C=CC=O)c(-c2ccc(F)cc2)c1O. The van der Waals surface area contributed by atoms with E-state index in [4.69, 9.17) is 4.74 Å². The molecular weight excluding hydrogens is 295 g/mol. The average molecular weight is 314 g/mol. The zero-order valence-electron chi connectivity index (χ0n) is 13.3. The fraction of sp³-hybridized carbons (Fsp3) is 0.211. The predicted octanol–water partition coefficient (Wildman–Crippen LogP) is 4.54. The number of halogens is 1. The molecule has 2 aromatic rings. The van der Waals surface area contributed by atoms with Gasteiger partial charge in [-0.3, -0.25) is 4.79 Å². The number of hydrogen-bond donors (Lipinski definition) is 1. The van der Waals surface area contributed by atoms with Crippen LogP contribution in [0.15, 0.2) is 36.4 Å². The Morgan fingerprint density at radius 1 is 1.22 bits per heavy atom. The summed E-state index contributed by atoms with van der Waals surface area (Å²) in [6, 6.07) is 7.60. The topological polar surface area (TPSA) is 46.5 Å². The molecule has 2 rings (SSSR count). The molecule has 0 aliphatic rings. The number of carbonyl (C=O) groups is 1. The van der Waals surface area contributed by atoms with E-state index in [1.807, 2.05) is 13.8 Å². The van der Waals surface area contributed by atoms with Gasteiger partial charge in [-0.25, -0.2) is 4.39 Å². The number of phenols is 1. The molecule has 0 aliphatic heterocycles. The summed E-state index contributed by atoms with van der Waals surface area (Å²) < 4.78 is 18.5. The van der Waals surface area contributed by atoms with E-state index < -0.39 is 0 Å². The van der Waals surface area contributed by atoms with E-state index in [9.17, 15) is 14.3 Å². The van der Waals surface area contributed by atoms with Gasteiger partial charge in [0.25, 0.3) is 0 Å². The van der Waals surface area contributed by atoms with E-state index in [1.54, 1.807) is 24.3 Å². The summed E-state index contributed by atoms with van der Waals surface area (Å²) >= 11 is 0. The van der Waals surface area contributed by atoms with E-state index in [0.717, 1.165) is 11.1 Å². The first-order valence-corrected chi connectivity index (χ1v) is 7.31. The van der Waals surface area contributed by atoms with Crippen LogP contribution < -0.4 is 4.74 Å². The number of ether oxygens (including phenoxy) is 1. The number of aldehydes is 1. The first-order valence-electron chi connectivity index (χ1n) is 7.31. The summed E-state index contributed by atoms with van der Waals surface area (Å²) in [7, 11) is 1.48. The van der Waals surface area contributed by atoms with Gasteiger partial charge < -0.3 is 9.84 Å². The van der Waals surface area contributed by atoms with Gasteiger partial charge in [0.2, 0.25) is 0 Å². The number of carbonyl (C=O) groups excluding carboxylic acids is 1. The molecule has 0 fully saturated rings. The molecule has 3 nitrogen and oxygen atoms in total. The Morgan fingerprint density at radius 2 is 1.87 bits per heavy atom. The smallest absolute Gasteiger partial charge is 0.166 e. The molecule has 0 aromatic heterocycles. The van der Waals surface area contributed by atoms with Crippen LogP contribution in [0.25, 0.3) is 17.2 Å². The van der Waals surface area contributed by atoms with Crippen molar-refractivity contribution in [2.24, 2.45) is 0 Å². The highest BCUT2D eigenvalue weighted by Crippen LogP contribution is 2.44. The molecule has 1 N–H and O–H groups in total. The third kappa shape index (κ3) is 3.42. The van der Waals surface area contributed by atoms with E-state index in [-0.39, 0.29) is 17.5 Å². The molecule has 23 heavy (non-hydrogen) atoms. The van der Waals surface area contributed by atoms with Gasteiger partial charge in [-0.05, 0) is 46.9 Å². The van der Waals surface area contributed by atoms with E-state index in [0.29, 0.717) is 23.2 Å². The zero-order valence-corrected chi connectivity index (χ0v) is 13.3. The minimum atomic E-state index is -0.356. The first kappa shape index (κ1) is 16.7. The highest BCUT2D eigenvalue weighted by Gasteiger charge is 2.19. The van der Waals surface area contributed by atoms with Gasteiger partial charge >= 0.3 is 0 Å². The minimum absolute atomic E-state index is 0.0333. The van der Waals surface area contributed by atoms with Crippen molar-refractivity contribution in [1.82, 2.24) is 0 Å². The molecule has 0 atom stereocenters. The molecular formula is C19H19FO3. The van der Waals surface area contributed by atoms with Crippen molar-refractivity contribution in [1.29, 1.82) is 0 Å². The standard InChI is InChI=1S/C19H19FO3/c1-12(2)16-11-17(23-3)19(22)18(15(16)5-4-10-21)13-6-8-14(20)9-7-13/h4-12,22H,1-3H3. The number of allylic oxidation sites excluding steroid dienone is 1. The fourth-order valence-electron chi connectivity index (χ4n) is 2.54. The summed E-state index contributed by atoms with van der Waals surface area (Å²) in [6.07, 6.45) is 3.71. The Bertz CT molecular complexity index is 731. The Balaban J connectivity index is 2.84. The predicted molar refractivity (Wildman–Crippen MR) is 89.2 cm³/mol. The number of hydrogen-bond acceptors (Lipinski definition) is 3. The normalized spacial score (nSPS) is 11.2. The molecule has 2 aromatic carbocycles. The quantitative estimate of drug-likeness (QED) is 0.651. The van der Waals surface area contributed by atoms with Crippen LogP contribution in [0.3, 0.4) is 0 Å². The molecule has 0 radical (unpaired) electrons. The van der Waals surface area contributed by atoms with Crippen molar-refractivity contribution in [3.8, 4) is 22.6 Å². The van der Waals surface area contributed by atoms with Crippen LogP contribution >= 0.6 is 0 Å². The van der Waals surface area contributed by atoms with Crippen LogP contribution in [0.4, 0.5) is 4.39 Å². The van der Waals surface area contributed by atoms with Gasteiger partial charge in [-0.1, -0.05) is 32.1 Å². The van der Waals surface area contributed by atoms with Crippen LogP contribution in [0.5, 0.6) is 11.5 Å². The van der Waals surface area contributed by atoms with Gasteiger partial charge in [0.05, 0.1) is 7.11 Å². The van der Waals surface area contributed by atoms with Crippen LogP contribution in [0, 0.1) is 5.82 Å². The number of phenolic OH excluding ortho intramolecular Hbond substituents is 1. The van der Waals surface area contributed by atoms with Crippen LogP contribution in [0.2, 0.25) is 0 Å². The highest BCUT2D eigenvalue weighted by atomic mass is 19.1. The first-order chi connectivity index (χ1) is 11.0. The summed E-state index contributed by atoms with van der Waals surface area (Å²) in [6.45, 7) is 4.02. The maximum Gasteiger partial charge on any atom is 0.166 e. The maximum absolute atomic E-state index is 13.2. The second-order valence-corrected chi connectivity index (χ2v) is 5.46. The molecule has 0 heterocycles. The second kappa shape index (κ2) is 7.09. The maximum atomic E-state index is 13.2. The second-order valence-electron chi connectivity index (χ2n) is 5.46. The summed E-state index contributed by atoms with van der Waals surface area (Å²) in [4.78, 5) is 10.7. The van der Waals surface area contributed by atoms with Gasteiger partial charge in [0.15, 0.2) is 11.5 Å². The average Bonchev–Trinajstić information content (AvgIpc) is 2.53. The minimum Gasteiger partial charge on any atom is -0.504 e. The molecule has 4 heteroatoms. The lowest BCUT2D eigenvalue weighted by Gasteiger charge is -2.19. The van der Waals surface area contributed by atoms with Crippen molar-refractivity contribution in [2.45, 2.75) is 19.8 Å². The number of benzene rings is 2. The van der Waals surface area contributed by atoms with Crippen molar-refractivity contribution < 1.29 is 19.0 Å². The van der Waals surface area contributed by atoms with E-state index in [1.165, 1.54) is 25.3 Å². The molecule has 0 bridgehead atoms. The van der Waals surface area contributed by atoms with Crippen molar-refractivity contribution in [3.05, 3.63) is 53.4 Å². The summed E-state index contributed by atoms with van der Waals surface area (Å²) in [5.41, 5.74) is 2.82. The summed E-state index contributed by atoms with van der Waals surface area (Å²) in [5, 5.41) is 10.6. The van der Waals surface area contributed by atoms with E-state index >= 15 is 0 Å². The van der Waals surface area contributed by atoms with Gasteiger partial charge in [0, 0.05) is 5.56 Å². The number of methoxy groups -OCH3 is 1. The molecule has 0 saturated heterocycles. The monoisotopic (exact) mass is 314 g/mol. The summed E-state index contributed by atoms with van der Waals surface area (Å²) in [5.74, 6) is 0.102. The molecule has 0 saturated carbocycles. The Kier molecular flexibility index (Phi) is 5.16. The lowest BCUT2D eigenvalue weighted by molar-refractivity contribution is -0.104. The lowest BCUT2D eigenvalue weighted by Crippen LogP contribution is -1.99. The molecule has 120 valence electrons. The molecule has 0 amide bonds. The Labute approximate surface area is 135 Å². The van der Waals surface area contributed by atoms with Crippen LogP contribution in [-0.4, -0.2) is 18.5 Å². The third-order valence-electron chi connectivity index (χ3n) is 3.65. The highest BCUT2D eigenvalue weighted by molar-refractivity contribution is 5.87. The van der Waals surface area contributed by atoms with Crippen molar-refractivity contribution in [2.75, 3.05) is 7.11 Å². The number of aromatic hydroxyl groups is 1. The van der Waals surface area contributed by atoms with Gasteiger partial charge in [-0.15, -0.1) is 0 Å². The van der Waals surface area contributed by atoms with Crippen molar-refractivity contribution in [3.63, 3.8) is 0 Å². The van der Waals surface area contributed by atoms with Crippen molar-refractivity contribution >= 4 is 12.4 Å². The molecule has 0 aliphatic carbocycles.